The predicted octanol–water partition coefficient (Wildman–Crippen LogP) is 3.87. The Bertz CT molecular complexity index is 1390. The van der Waals surface area contributed by atoms with Crippen molar-refractivity contribution in [3.8, 4) is 16.9 Å². The molecule has 2 saturated heterocycles. The molecule has 10 heteroatoms. The second kappa shape index (κ2) is 7.86. The van der Waals surface area contributed by atoms with Gasteiger partial charge in [-0.3, -0.25) is 5.10 Å². The quantitative estimate of drug-likeness (QED) is 0.478. The zero-order chi connectivity index (χ0) is 24.3. The van der Waals surface area contributed by atoms with Crippen LogP contribution in [0.1, 0.15) is 34.1 Å². The van der Waals surface area contributed by atoms with E-state index < -0.39 is 5.60 Å². The van der Waals surface area contributed by atoms with Gasteiger partial charge in [-0.1, -0.05) is 0 Å². The van der Waals surface area contributed by atoms with Gasteiger partial charge in [-0.25, -0.2) is 14.3 Å². The summed E-state index contributed by atoms with van der Waals surface area (Å²) in [5, 5.41) is 12.6. The molecule has 182 valence electrons. The monoisotopic (exact) mass is 475 g/mol. The summed E-state index contributed by atoms with van der Waals surface area (Å²) in [6.45, 7) is 9.53. The van der Waals surface area contributed by atoms with Crippen LogP contribution in [-0.2, 0) is 4.74 Å². The minimum absolute atomic E-state index is 0.236. The highest BCUT2D eigenvalue weighted by Crippen LogP contribution is 2.38. The Kier molecular flexibility index (Phi) is 4.87. The van der Waals surface area contributed by atoms with Gasteiger partial charge in [0.15, 0.2) is 5.65 Å². The number of hydrogen-bond acceptors (Lipinski definition) is 7. The van der Waals surface area contributed by atoms with Gasteiger partial charge in [0.05, 0.1) is 42.0 Å². The number of H-pyrrole nitrogens is 1. The lowest BCUT2D eigenvalue weighted by atomic mass is 9.87. The molecule has 2 bridgehead atoms. The van der Waals surface area contributed by atoms with Crippen molar-refractivity contribution in [2.45, 2.75) is 51.8 Å². The molecule has 2 aliphatic rings. The number of nitrogens with one attached hydrogen (secondary N) is 1. The minimum Gasteiger partial charge on any atom is -0.492 e. The van der Waals surface area contributed by atoms with Gasteiger partial charge in [0.2, 0.25) is 0 Å². The number of piperazine rings is 1. The summed E-state index contributed by atoms with van der Waals surface area (Å²) >= 11 is 0. The third-order valence-corrected chi connectivity index (χ3v) is 6.58. The van der Waals surface area contributed by atoms with Crippen LogP contribution in [0, 0.1) is 0 Å². The molecule has 10 nitrogen and oxygen atoms in total. The maximum absolute atomic E-state index is 12.5. The lowest BCUT2D eigenvalue weighted by molar-refractivity contribution is 0.00843. The second-order valence-corrected chi connectivity index (χ2v) is 10.2. The number of carbonyl (C=O) groups is 1. The van der Waals surface area contributed by atoms with Gasteiger partial charge in [0.25, 0.3) is 0 Å². The Balaban J connectivity index is 1.27. The Hall–Kier alpha value is -3.82. The minimum atomic E-state index is -0.488. The van der Waals surface area contributed by atoms with Crippen molar-refractivity contribution in [1.82, 2.24) is 29.7 Å². The van der Waals surface area contributed by atoms with E-state index in [1.54, 1.807) is 6.20 Å². The fourth-order valence-corrected chi connectivity index (χ4v) is 5.16. The van der Waals surface area contributed by atoms with Gasteiger partial charge in [0.1, 0.15) is 17.2 Å². The molecule has 0 saturated carbocycles. The predicted molar refractivity (Wildman–Crippen MR) is 132 cm³/mol. The van der Waals surface area contributed by atoms with Gasteiger partial charge in [-0.2, -0.15) is 5.10 Å². The number of pyridine rings is 2. The summed E-state index contributed by atoms with van der Waals surface area (Å²) < 4.78 is 13.2. The molecule has 0 aliphatic carbocycles. The molecular formula is C25H29N7O3. The number of fused-ring (bicyclic) bond motifs is 5. The highest BCUT2D eigenvalue weighted by Gasteiger charge is 2.47. The standard InChI is InChI=1S/C25H29N7O3/c1-5-34-18-9-19(22-20-11-27-28-23(20)29-31(22)14-18)15-6-7-21(26-10-15)32-16-8-17(32)13-30(12-16)24(33)35-25(2,3)4/h6-7,9-11,14,16-17H,5,8,12-13H2,1-4H3,(H,28,29). The first-order chi connectivity index (χ1) is 16.8. The third kappa shape index (κ3) is 3.73. The Labute approximate surface area is 202 Å². The van der Waals surface area contributed by atoms with Crippen molar-refractivity contribution in [2.75, 3.05) is 24.6 Å². The molecule has 0 spiro atoms. The average Bonchev–Trinajstić information content (AvgIpc) is 3.39. The van der Waals surface area contributed by atoms with Crippen LogP contribution in [0.15, 0.2) is 36.8 Å². The molecule has 0 aromatic carbocycles. The van der Waals surface area contributed by atoms with Gasteiger partial charge < -0.3 is 19.3 Å². The number of likely N-dealkylation sites (tertiary alicyclic amines) is 1. The molecule has 1 N–H and O–H groups in total. The SMILES string of the molecule is CCOc1cc(-c2ccc(N3C4CC3CN(C(=O)OC(C)(C)C)C4)nc2)c2c3cn[nH]c3nn2c1. The molecule has 6 rings (SSSR count). The maximum Gasteiger partial charge on any atom is 0.410 e. The first kappa shape index (κ1) is 21.7. The largest absolute Gasteiger partial charge is 0.492 e. The van der Waals surface area contributed by atoms with E-state index in [4.69, 9.17) is 14.5 Å². The number of rotatable bonds is 4. The van der Waals surface area contributed by atoms with Crippen molar-refractivity contribution in [1.29, 1.82) is 0 Å². The fourth-order valence-electron chi connectivity index (χ4n) is 5.16. The smallest absolute Gasteiger partial charge is 0.410 e. The summed E-state index contributed by atoms with van der Waals surface area (Å²) in [6.07, 6.45) is 6.41. The zero-order valence-corrected chi connectivity index (χ0v) is 20.4. The summed E-state index contributed by atoms with van der Waals surface area (Å²) in [4.78, 5) is 21.5. The molecule has 2 atom stereocenters. The number of aromatic nitrogens is 5. The van der Waals surface area contributed by atoms with Crippen molar-refractivity contribution in [2.24, 2.45) is 0 Å². The van der Waals surface area contributed by atoms with Crippen LogP contribution in [0.5, 0.6) is 5.75 Å². The molecule has 4 aromatic rings. The van der Waals surface area contributed by atoms with Crippen LogP contribution in [0.3, 0.4) is 0 Å². The van der Waals surface area contributed by atoms with Gasteiger partial charge in [0, 0.05) is 30.4 Å². The number of ether oxygens (including phenoxy) is 2. The van der Waals surface area contributed by atoms with Crippen molar-refractivity contribution in [3.05, 3.63) is 36.8 Å². The summed E-state index contributed by atoms with van der Waals surface area (Å²) in [5.41, 5.74) is 3.16. The van der Waals surface area contributed by atoms with E-state index in [-0.39, 0.29) is 18.2 Å². The maximum atomic E-state index is 12.5. The molecule has 35 heavy (non-hydrogen) atoms. The molecule has 4 aromatic heterocycles. The van der Waals surface area contributed by atoms with Gasteiger partial charge in [-0.05, 0) is 52.3 Å². The third-order valence-electron chi connectivity index (χ3n) is 6.58. The lowest BCUT2D eigenvalue weighted by Crippen LogP contribution is -2.70. The van der Waals surface area contributed by atoms with E-state index >= 15 is 0 Å². The van der Waals surface area contributed by atoms with E-state index in [9.17, 15) is 4.79 Å². The van der Waals surface area contributed by atoms with Crippen LogP contribution >= 0.6 is 0 Å². The number of amides is 1. The summed E-state index contributed by atoms with van der Waals surface area (Å²) in [7, 11) is 0. The van der Waals surface area contributed by atoms with Gasteiger partial charge in [-0.15, -0.1) is 5.10 Å². The van der Waals surface area contributed by atoms with Crippen LogP contribution in [0.4, 0.5) is 10.6 Å². The van der Waals surface area contributed by atoms with Gasteiger partial charge >= 0.3 is 6.09 Å². The van der Waals surface area contributed by atoms with Crippen LogP contribution < -0.4 is 9.64 Å². The number of aromatic amines is 1. The topological polar surface area (TPSA) is 101 Å². The van der Waals surface area contributed by atoms with E-state index in [1.807, 2.05) is 55.6 Å². The Morgan fingerprint density at radius 3 is 2.69 bits per heavy atom. The first-order valence-corrected chi connectivity index (χ1v) is 12.0. The molecule has 0 radical (unpaired) electrons. The average molecular weight is 476 g/mol. The first-order valence-electron chi connectivity index (χ1n) is 12.0. The van der Waals surface area contributed by atoms with E-state index in [0.29, 0.717) is 19.7 Å². The Morgan fingerprint density at radius 2 is 2.00 bits per heavy atom. The molecule has 6 heterocycles. The molecular weight excluding hydrogens is 446 g/mol. The van der Waals surface area contributed by atoms with Crippen molar-refractivity contribution in [3.63, 3.8) is 0 Å². The summed E-state index contributed by atoms with van der Waals surface area (Å²) in [6, 6.07) is 6.69. The van der Waals surface area contributed by atoms with Crippen molar-refractivity contribution < 1.29 is 14.3 Å². The zero-order valence-electron chi connectivity index (χ0n) is 20.4. The number of hydrogen-bond donors (Lipinski definition) is 1. The number of anilines is 1. The Morgan fingerprint density at radius 1 is 1.20 bits per heavy atom. The highest BCUT2D eigenvalue weighted by atomic mass is 16.6. The molecule has 1 amide bonds. The van der Waals surface area contributed by atoms with Crippen LogP contribution in [0.2, 0.25) is 0 Å². The number of nitrogens with zero attached hydrogens (tertiary/aromatic N) is 6. The van der Waals surface area contributed by atoms with Crippen LogP contribution in [0.25, 0.3) is 27.7 Å². The molecule has 2 fully saturated rings. The molecule has 2 aliphatic heterocycles. The van der Waals surface area contributed by atoms with E-state index in [0.717, 1.165) is 45.7 Å². The highest BCUT2D eigenvalue weighted by molar-refractivity contribution is 6.00. The van der Waals surface area contributed by atoms with E-state index in [1.165, 1.54) is 0 Å². The fraction of sp³-hybridized carbons (Fsp3) is 0.440. The number of carbonyl (C=O) groups excluding carboxylic acids is 1. The normalized spacial score (nSPS) is 19.8. The van der Waals surface area contributed by atoms with E-state index in [2.05, 4.69) is 32.3 Å². The van der Waals surface area contributed by atoms with Crippen molar-refractivity contribution >= 4 is 28.5 Å². The van der Waals surface area contributed by atoms with Crippen LogP contribution in [-0.4, -0.2) is 73.2 Å². The number of piperidine rings is 1. The lowest BCUT2D eigenvalue weighted by Gasteiger charge is -2.56. The summed E-state index contributed by atoms with van der Waals surface area (Å²) in [5.74, 6) is 1.68. The second-order valence-electron chi connectivity index (χ2n) is 10.2. The molecule has 2 unspecified atom stereocenters.